The van der Waals surface area contributed by atoms with Crippen molar-refractivity contribution in [3.8, 4) is 11.5 Å². The maximum Gasteiger partial charge on any atom is 0.237 e. The molecule has 1 aromatic heterocycles. The SMILES string of the molecule is CCN(Cc1ccc(OCc2cccs2)c(OC)c1)[C@@H](C)C(=O)NC(C)C. The van der Waals surface area contributed by atoms with Crippen LogP contribution in [0.25, 0.3) is 0 Å². The number of carbonyl (C=O) groups excluding carboxylic acids is 1. The molecular formula is C21H30N2O3S. The number of amides is 1. The summed E-state index contributed by atoms with van der Waals surface area (Å²) in [6.07, 6.45) is 0. The molecule has 6 heteroatoms. The number of carbonyl (C=O) groups is 1. The summed E-state index contributed by atoms with van der Waals surface area (Å²) in [4.78, 5) is 15.6. The van der Waals surface area contributed by atoms with Gasteiger partial charge in [0.1, 0.15) is 6.61 Å². The van der Waals surface area contributed by atoms with Crippen LogP contribution in [0.3, 0.4) is 0 Å². The Balaban J connectivity index is 2.05. The first kappa shape index (κ1) is 21.3. The lowest BCUT2D eigenvalue weighted by Crippen LogP contribution is -2.46. The molecule has 1 aromatic carbocycles. The van der Waals surface area contributed by atoms with Gasteiger partial charge in [-0.3, -0.25) is 9.69 Å². The topological polar surface area (TPSA) is 50.8 Å². The summed E-state index contributed by atoms with van der Waals surface area (Å²) in [5.74, 6) is 1.48. The predicted molar refractivity (Wildman–Crippen MR) is 110 cm³/mol. The summed E-state index contributed by atoms with van der Waals surface area (Å²) < 4.78 is 11.4. The molecule has 0 aliphatic rings. The highest BCUT2D eigenvalue weighted by Crippen LogP contribution is 2.30. The van der Waals surface area contributed by atoms with E-state index in [1.807, 2.05) is 56.5 Å². The van der Waals surface area contributed by atoms with Gasteiger partial charge in [-0.1, -0.05) is 19.1 Å². The van der Waals surface area contributed by atoms with Crippen LogP contribution in [0.15, 0.2) is 35.7 Å². The number of methoxy groups -OCH3 is 1. The Kier molecular flexibility index (Phi) is 8.13. The van der Waals surface area contributed by atoms with Gasteiger partial charge in [0, 0.05) is 17.5 Å². The van der Waals surface area contributed by atoms with Crippen LogP contribution in [0.4, 0.5) is 0 Å². The number of likely N-dealkylation sites (N-methyl/N-ethyl adjacent to an activating group) is 1. The van der Waals surface area contributed by atoms with Crippen molar-refractivity contribution < 1.29 is 14.3 Å². The van der Waals surface area contributed by atoms with E-state index in [1.54, 1.807) is 18.4 Å². The molecule has 1 amide bonds. The molecule has 2 aromatic rings. The third kappa shape index (κ3) is 6.26. The molecule has 2 rings (SSSR count). The fraction of sp³-hybridized carbons (Fsp3) is 0.476. The second kappa shape index (κ2) is 10.3. The van der Waals surface area contributed by atoms with Gasteiger partial charge in [-0.25, -0.2) is 0 Å². The Morgan fingerprint density at radius 1 is 1.22 bits per heavy atom. The molecule has 0 unspecified atom stereocenters. The third-order valence-corrected chi connectivity index (χ3v) is 5.18. The summed E-state index contributed by atoms with van der Waals surface area (Å²) in [7, 11) is 1.65. The molecule has 1 atom stereocenters. The van der Waals surface area contributed by atoms with E-state index in [-0.39, 0.29) is 18.0 Å². The molecular weight excluding hydrogens is 360 g/mol. The predicted octanol–water partition coefficient (Wildman–Crippen LogP) is 4.07. The first-order valence-electron chi connectivity index (χ1n) is 9.31. The largest absolute Gasteiger partial charge is 0.493 e. The molecule has 0 spiro atoms. The Bertz CT molecular complexity index is 716. The highest BCUT2D eigenvalue weighted by atomic mass is 32.1. The number of nitrogens with one attached hydrogen (secondary N) is 1. The summed E-state index contributed by atoms with van der Waals surface area (Å²) in [6.45, 7) is 9.93. The van der Waals surface area contributed by atoms with Crippen LogP contribution in [0.1, 0.15) is 38.1 Å². The van der Waals surface area contributed by atoms with Gasteiger partial charge in [-0.2, -0.15) is 0 Å². The van der Waals surface area contributed by atoms with Crippen molar-refractivity contribution in [1.29, 1.82) is 0 Å². The van der Waals surface area contributed by atoms with E-state index in [2.05, 4.69) is 17.1 Å². The summed E-state index contributed by atoms with van der Waals surface area (Å²) in [5.41, 5.74) is 1.08. The Hall–Kier alpha value is -2.05. The molecule has 0 aliphatic heterocycles. The number of ether oxygens (including phenoxy) is 2. The first-order valence-corrected chi connectivity index (χ1v) is 10.2. The lowest BCUT2D eigenvalue weighted by atomic mass is 10.1. The molecule has 27 heavy (non-hydrogen) atoms. The van der Waals surface area contributed by atoms with E-state index in [0.29, 0.717) is 18.9 Å². The van der Waals surface area contributed by atoms with Crippen molar-refractivity contribution in [2.24, 2.45) is 0 Å². The van der Waals surface area contributed by atoms with Crippen LogP contribution in [-0.2, 0) is 17.9 Å². The summed E-state index contributed by atoms with van der Waals surface area (Å²) in [6, 6.07) is 9.96. The summed E-state index contributed by atoms with van der Waals surface area (Å²) >= 11 is 1.67. The minimum atomic E-state index is -0.196. The van der Waals surface area contributed by atoms with Gasteiger partial charge < -0.3 is 14.8 Å². The standard InChI is InChI=1S/C21H30N2O3S/c1-6-23(16(4)21(24)22-15(2)3)13-17-9-10-19(20(12-17)25-5)26-14-18-8-7-11-27-18/h7-12,15-16H,6,13-14H2,1-5H3,(H,22,24)/t16-/m0/s1. The monoisotopic (exact) mass is 390 g/mol. The Labute approximate surface area is 166 Å². The number of hydrogen-bond donors (Lipinski definition) is 1. The number of rotatable bonds is 10. The number of hydrogen-bond acceptors (Lipinski definition) is 5. The zero-order valence-electron chi connectivity index (χ0n) is 16.8. The van der Waals surface area contributed by atoms with Crippen LogP contribution in [0.2, 0.25) is 0 Å². The second-order valence-electron chi connectivity index (χ2n) is 6.76. The van der Waals surface area contributed by atoms with Crippen LogP contribution >= 0.6 is 11.3 Å². The fourth-order valence-corrected chi connectivity index (χ4v) is 3.42. The Morgan fingerprint density at radius 2 is 2.00 bits per heavy atom. The lowest BCUT2D eigenvalue weighted by Gasteiger charge is -2.28. The molecule has 0 aliphatic carbocycles. The van der Waals surface area contributed by atoms with E-state index >= 15 is 0 Å². The molecule has 0 radical (unpaired) electrons. The van der Waals surface area contributed by atoms with Gasteiger partial charge in [0.15, 0.2) is 11.5 Å². The zero-order valence-corrected chi connectivity index (χ0v) is 17.6. The number of nitrogens with zero attached hydrogens (tertiary/aromatic N) is 1. The minimum absolute atomic E-state index is 0.0507. The third-order valence-electron chi connectivity index (χ3n) is 4.33. The van der Waals surface area contributed by atoms with Gasteiger partial charge in [0.2, 0.25) is 5.91 Å². The molecule has 5 nitrogen and oxygen atoms in total. The van der Waals surface area contributed by atoms with Gasteiger partial charge in [-0.15, -0.1) is 11.3 Å². The quantitative estimate of drug-likeness (QED) is 0.664. The molecule has 0 bridgehead atoms. The zero-order chi connectivity index (χ0) is 19.8. The van der Waals surface area contributed by atoms with E-state index in [1.165, 1.54) is 4.88 Å². The maximum absolute atomic E-state index is 12.3. The number of benzene rings is 1. The smallest absolute Gasteiger partial charge is 0.237 e. The average molecular weight is 391 g/mol. The Morgan fingerprint density at radius 3 is 2.59 bits per heavy atom. The van der Waals surface area contributed by atoms with E-state index in [4.69, 9.17) is 9.47 Å². The van der Waals surface area contributed by atoms with Crippen LogP contribution in [0.5, 0.6) is 11.5 Å². The minimum Gasteiger partial charge on any atom is -0.493 e. The first-order chi connectivity index (χ1) is 12.9. The van der Waals surface area contributed by atoms with Crippen molar-refractivity contribution >= 4 is 17.2 Å². The van der Waals surface area contributed by atoms with Crippen molar-refractivity contribution in [2.75, 3.05) is 13.7 Å². The molecule has 0 fully saturated rings. The van der Waals surface area contributed by atoms with Crippen molar-refractivity contribution in [3.05, 3.63) is 46.2 Å². The van der Waals surface area contributed by atoms with E-state index < -0.39 is 0 Å². The van der Waals surface area contributed by atoms with Gasteiger partial charge in [0.25, 0.3) is 0 Å². The van der Waals surface area contributed by atoms with Gasteiger partial charge in [0.05, 0.1) is 13.2 Å². The van der Waals surface area contributed by atoms with Crippen LogP contribution in [0, 0.1) is 0 Å². The van der Waals surface area contributed by atoms with E-state index in [9.17, 15) is 4.79 Å². The van der Waals surface area contributed by atoms with Gasteiger partial charge >= 0.3 is 0 Å². The van der Waals surface area contributed by atoms with Crippen molar-refractivity contribution in [2.45, 2.75) is 52.9 Å². The average Bonchev–Trinajstić information content (AvgIpc) is 3.17. The maximum atomic E-state index is 12.3. The second-order valence-corrected chi connectivity index (χ2v) is 7.79. The summed E-state index contributed by atoms with van der Waals surface area (Å²) in [5, 5.41) is 5.02. The van der Waals surface area contributed by atoms with Crippen molar-refractivity contribution in [1.82, 2.24) is 10.2 Å². The molecule has 1 heterocycles. The highest BCUT2D eigenvalue weighted by Gasteiger charge is 2.21. The highest BCUT2D eigenvalue weighted by molar-refractivity contribution is 7.09. The molecule has 0 saturated heterocycles. The molecule has 0 saturated carbocycles. The van der Waals surface area contributed by atoms with Crippen molar-refractivity contribution in [3.63, 3.8) is 0 Å². The van der Waals surface area contributed by atoms with Crippen LogP contribution < -0.4 is 14.8 Å². The normalized spacial score (nSPS) is 12.3. The number of thiophene rings is 1. The molecule has 148 valence electrons. The fourth-order valence-electron chi connectivity index (χ4n) is 2.80. The van der Waals surface area contributed by atoms with E-state index in [0.717, 1.165) is 17.9 Å². The molecule has 1 N–H and O–H groups in total. The van der Waals surface area contributed by atoms with Crippen LogP contribution in [-0.4, -0.2) is 36.5 Å². The lowest BCUT2D eigenvalue weighted by molar-refractivity contribution is -0.126. The van der Waals surface area contributed by atoms with Gasteiger partial charge in [-0.05, 0) is 56.5 Å².